The molecule has 2 heterocycles. The number of amides is 2. The average molecular weight is 425 g/mol. The quantitative estimate of drug-likeness (QED) is 0.665. The molecule has 0 bridgehead atoms. The van der Waals surface area contributed by atoms with E-state index in [1.165, 1.54) is 6.20 Å². The van der Waals surface area contributed by atoms with Crippen LogP contribution in [0.2, 0.25) is 5.02 Å². The molecule has 2 amide bonds. The van der Waals surface area contributed by atoms with Crippen LogP contribution in [0.5, 0.6) is 5.75 Å². The van der Waals surface area contributed by atoms with E-state index in [1.807, 2.05) is 19.1 Å². The maximum absolute atomic E-state index is 12.9. The molecule has 1 N–H and O–H groups in total. The minimum atomic E-state index is -0.287. The number of nitrogens with zero attached hydrogens (tertiary/aromatic N) is 3. The van der Waals surface area contributed by atoms with Crippen molar-refractivity contribution in [2.75, 3.05) is 23.9 Å². The molecule has 8 heteroatoms. The van der Waals surface area contributed by atoms with Crippen molar-refractivity contribution in [1.29, 1.82) is 0 Å². The predicted molar refractivity (Wildman–Crippen MR) is 116 cm³/mol. The first-order valence-electron chi connectivity index (χ1n) is 9.58. The minimum absolute atomic E-state index is 0.0513. The Bertz CT molecular complexity index is 1130. The maximum Gasteiger partial charge on any atom is 0.259 e. The van der Waals surface area contributed by atoms with Gasteiger partial charge in [-0.25, -0.2) is 4.68 Å². The second kappa shape index (κ2) is 8.20. The maximum atomic E-state index is 12.9. The molecule has 7 nitrogen and oxygen atoms in total. The summed E-state index contributed by atoms with van der Waals surface area (Å²) in [5, 5.41) is 7.82. The second-order valence-electron chi connectivity index (χ2n) is 7.03. The minimum Gasteiger partial charge on any atom is -0.495 e. The summed E-state index contributed by atoms with van der Waals surface area (Å²) >= 11 is 6.07. The molecule has 1 aliphatic heterocycles. The van der Waals surface area contributed by atoms with Crippen LogP contribution in [0.15, 0.2) is 48.7 Å². The molecule has 0 aliphatic carbocycles. The molecular weight excluding hydrogens is 404 g/mol. The number of methoxy groups -OCH3 is 1. The van der Waals surface area contributed by atoms with Gasteiger partial charge in [0.2, 0.25) is 5.91 Å². The molecule has 1 aliphatic rings. The van der Waals surface area contributed by atoms with Crippen LogP contribution in [-0.4, -0.2) is 35.2 Å². The van der Waals surface area contributed by atoms with Gasteiger partial charge >= 0.3 is 0 Å². The van der Waals surface area contributed by atoms with Crippen LogP contribution in [0.1, 0.15) is 28.9 Å². The standard InChI is InChI=1S/C22H21ClN4O3/c1-14-18(13-24-27(14)17-6-3-5-15(23)11-17)22(29)25-16-8-9-20(30-2)19(12-16)26-10-4-7-21(26)28/h3,5-6,8-9,11-13H,4,7,10H2,1-2H3,(H,25,29). The summed E-state index contributed by atoms with van der Waals surface area (Å²) in [6, 6.07) is 12.5. The zero-order valence-electron chi connectivity index (χ0n) is 16.7. The van der Waals surface area contributed by atoms with Crippen LogP contribution < -0.4 is 15.0 Å². The average Bonchev–Trinajstić information content (AvgIpc) is 3.33. The topological polar surface area (TPSA) is 76.5 Å². The number of anilines is 2. The van der Waals surface area contributed by atoms with Crippen LogP contribution >= 0.6 is 11.6 Å². The first-order chi connectivity index (χ1) is 14.5. The Morgan fingerprint density at radius 3 is 2.77 bits per heavy atom. The first kappa shape index (κ1) is 20.0. The summed E-state index contributed by atoms with van der Waals surface area (Å²) in [6.45, 7) is 2.46. The van der Waals surface area contributed by atoms with Crippen molar-refractivity contribution >= 4 is 34.8 Å². The number of halogens is 1. The number of rotatable bonds is 5. The Morgan fingerprint density at radius 1 is 1.23 bits per heavy atom. The van der Waals surface area contributed by atoms with Gasteiger partial charge in [-0.3, -0.25) is 9.59 Å². The highest BCUT2D eigenvalue weighted by atomic mass is 35.5. The van der Waals surface area contributed by atoms with Crippen molar-refractivity contribution in [3.8, 4) is 11.4 Å². The SMILES string of the molecule is COc1ccc(NC(=O)c2cnn(-c3cccc(Cl)c3)c2C)cc1N1CCCC1=O. The molecule has 0 spiro atoms. The molecule has 0 unspecified atom stereocenters. The fraction of sp³-hybridized carbons (Fsp3) is 0.227. The van der Waals surface area contributed by atoms with Gasteiger partial charge in [0, 0.05) is 23.7 Å². The molecule has 3 aromatic rings. The van der Waals surface area contributed by atoms with Gasteiger partial charge in [-0.2, -0.15) is 5.10 Å². The summed E-state index contributed by atoms with van der Waals surface area (Å²) in [7, 11) is 1.56. The summed E-state index contributed by atoms with van der Waals surface area (Å²) in [4.78, 5) is 26.8. The highest BCUT2D eigenvalue weighted by molar-refractivity contribution is 6.30. The number of carbonyl (C=O) groups excluding carboxylic acids is 2. The highest BCUT2D eigenvalue weighted by Gasteiger charge is 2.25. The van der Waals surface area contributed by atoms with Crippen LogP contribution in [0, 0.1) is 6.92 Å². The lowest BCUT2D eigenvalue weighted by Crippen LogP contribution is -2.24. The van der Waals surface area contributed by atoms with Crippen LogP contribution in [0.3, 0.4) is 0 Å². The summed E-state index contributed by atoms with van der Waals surface area (Å²) in [6.07, 6.45) is 2.85. The second-order valence-corrected chi connectivity index (χ2v) is 7.46. The van der Waals surface area contributed by atoms with E-state index in [0.717, 1.165) is 12.1 Å². The zero-order valence-corrected chi connectivity index (χ0v) is 17.4. The van der Waals surface area contributed by atoms with E-state index < -0.39 is 0 Å². The predicted octanol–water partition coefficient (Wildman–Crippen LogP) is 4.22. The molecule has 154 valence electrons. The molecule has 1 aromatic heterocycles. The lowest BCUT2D eigenvalue weighted by molar-refractivity contribution is -0.117. The summed E-state index contributed by atoms with van der Waals surface area (Å²) < 4.78 is 7.07. The van der Waals surface area contributed by atoms with Crippen molar-refractivity contribution in [3.63, 3.8) is 0 Å². The molecule has 0 radical (unpaired) electrons. The van der Waals surface area contributed by atoms with Crippen LogP contribution in [-0.2, 0) is 4.79 Å². The van der Waals surface area contributed by atoms with Crippen molar-refractivity contribution < 1.29 is 14.3 Å². The molecule has 4 rings (SSSR count). The van der Waals surface area contributed by atoms with Gasteiger partial charge < -0.3 is 15.0 Å². The summed E-state index contributed by atoms with van der Waals surface area (Å²) in [5.74, 6) is 0.355. The van der Waals surface area contributed by atoms with Gasteiger partial charge in [0.15, 0.2) is 0 Å². The van der Waals surface area contributed by atoms with Crippen molar-refractivity contribution in [1.82, 2.24) is 9.78 Å². The molecule has 30 heavy (non-hydrogen) atoms. The van der Waals surface area contributed by atoms with E-state index >= 15 is 0 Å². The lowest BCUT2D eigenvalue weighted by atomic mass is 10.2. The monoisotopic (exact) mass is 424 g/mol. The number of benzene rings is 2. The largest absolute Gasteiger partial charge is 0.495 e. The van der Waals surface area contributed by atoms with Gasteiger partial charge in [-0.15, -0.1) is 0 Å². The van der Waals surface area contributed by atoms with E-state index in [1.54, 1.807) is 47.0 Å². The number of ether oxygens (including phenoxy) is 1. The van der Waals surface area contributed by atoms with Crippen molar-refractivity contribution in [2.24, 2.45) is 0 Å². The van der Waals surface area contributed by atoms with E-state index in [0.29, 0.717) is 46.4 Å². The van der Waals surface area contributed by atoms with Crippen LogP contribution in [0.4, 0.5) is 11.4 Å². The Kier molecular flexibility index (Phi) is 5.46. The van der Waals surface area contributed by atoms with Gasteiger partial charge in [-0.1, -0.05) is 17.7 Å². The smallest absolute Gasteiger partial charge is 0.259 e. The third kappa shape index (κ3) is 3.76. The third-order valence-electron chi connectivity index (χ3n) is 5.11. The van der Waals surface area contributed by atoms with E-state index in [2.05, 4.69) is 10.4 Å². The van der Waals surface area contributed by atoms with E-state index in [9.17, 15) is 9.59 Å². The normalized spacial score (nSPS) is 13.6. The third-order valence-corrected chi connectivity index (χ3v) is 5.34. The van der Waals surface area contributed by atoms with Gasteiger partial charge in [-0.05, 0) is 49.7 Å². The zero-order chi connectivity index (χ0) is 21.3. The van der Waals surface area contributed by atoms with E-state index in [-0.39, 0.29) is 11.8 Å². The molecule has 2 aromatic carbocycles. The first-order valence-corrected chi connectivity index (χ1v) is 9.96. The number of hydrogen-bond acceptors (Lipinski definition) is 4. The molecular formula is C22H21ClN4O3. The van der Waals surface area contributed by atoms with E-state index in [4.69, 9.17) is 16.3 Å². The lowest BCUT2D eigenvalue weighted by Gasteiger charge is -2.20. The Balaban J connectivity index is 1.59. The summed E-state index contributed by atoms with van der Waals surface area (Å²) in [5.41, 5.74) is 3.15. The number of hydrogen-bond donors (Lipinski definition) is 1. The molecule has 0 atom stereocenters. The molecule has 1 fully saturated rings. The fourth-order valence-corrected chi connectivity index (χ4v) is 3.77. The highest BCUT2D eigenvalue weighted by Crippen LogP contribution is 2.34. The Hall–Kier alpha value is -3.32. The fourth-order valence-electron chi connectivity index (χ4n) is 3.58. The number of nitrogens with one attached hydrogen (secondary N) is 1. The van der Waals surface area contributed by atoms with Crippen LogP contribution in [0.25, 0.3) is 5.69 Å². The van der Waals surface area contributed by atoms with Gasteiger partial charge in [0.25, 0.3) is 5.91 Å². The molecule has 1 saturated heterocycles. The van der Waals surface area contributed by atoms with Gasteiger partial charge in [0.05, 0.1) is 35.9 Å². The number of carbonyl (C=O) groups is 2. The molecule has 0 saturated carbocycles. The Labute approximate surface area is 179 Å². The number of aromatic nitrogens is 2. The van der Waals surface area contributed by atoms with Crippen molar-refractivity contribution in [3.05, 3.63) is 64.9 Å². The Morgan fingerprint density at radius 2 is 2.07 bits per heavy atom. The van der Waals surface area contributed by atoms with Gasteiger partial charge in [0.1, 0.15) is 5.75 Å². The van der Waals surface area contributed by atoms with Crippen molar-refractivity contribution in [2.45, 2.75) is 19.8 Å².